The van der Waals surface area contributed by atoms with Crippen LogP contribution in [0, 0.1) is 0 Å². The van der Waals surface area contributed by atoms with E-state index < -0.39 is 0 Å². The highest BCUT2D eigenvalue weighted by atomic mass is 32.1. The van der Waals surface area contributed by atoms with Gasteiger partial charge in [0, 0.05) is 37.8 Å². The van der Waals surface area contributed by atoms with Gasteiger partial charge in [0.1, 0.15) is 0 Å². The number of rotatable bonds is 4. The van der Waals surface area contributed by atoms with Gasteiger partial charge < -0.3 is 4.90 Å². The fourth-order valence-electron chi connectivity index (χ4n) is 3.40. The number of fused-ring (bicyclic) bond motifs is 1. The van der Waals surface area contributed by atoms with Crippen LogP contribution >= 0.6 is 11.3 Å². The third-order valence-electron chi connectivity index (χ3n) is 4.86. The maximum Gasteiger partial charge on any atom is 0.222 e. The van der Waals surface area contributed by atoms with Crippen LogP contribution in [0.3, 0.4) is 0 Å². The molecule has 3 heterocycles. The second-order valence-corrected chi connectivity index (χ2v) is 7.60. The summed E-state index contributed by atoms with van der Waals surface area (Å²) in [4.78, 5) is 23.4. The number of carbonyl (C=O) groups excluding carboxylic acids is 1. The van der Waals surface area contributed by atoms with Gasteiger partial charge in [0.2, 0.25) is 5.91 Å². The summed E-state index contributed by atoms with van der Waals surface area (Å²) in [5, 5.41) is 1.23. The second-order valence-electron chi connectivity index (χ2n) is 6.54. The highest BCUT2D eigenvalue weighted by Crippen LogP contribution is 2.33. The van der Waals surface area contributed by atoms with Crippen molar-refractivity contribution in [3.05, 3.63) is 59.4 Å². The van der Waals surface area contributed by atoms with Crippen LogP contribution in [-0.4, -0.2) is 33.9 Å². The molecule has 0 bridgehead atoms. The minimum atomic E-state index is 0.256. The van der Waals surface area contributed by atoms with Crippen molar-refractivity contribution in [2.45, 2.75) is 31.6 Å². The van der Waals surface area contributed by atoms with E-state index in [1.54, 1.807) is 17.5 Å². The fourth-order valence-corrected chi connectivity index (χ4v) is 4.53. The molecule has 0 atom stereocenters. The van der Waals surface area contributed by atoms with Crippen LogP contribution < -0.4 is 0 Å². The topological polar surface area (TPSA) is 46.1 Å². The number of amides is 1. The van der Waals surface area contributed by atoms with E-state index in [4.69, 9.17) is 4.98 Å². The molecule has 5 heteroatoms. The van der Waals surface area contributed by atoms with Gasteiger partial charge in [0.05, 0.1) is 15.2 Å². The van der Waals surface area contributed by atoms with Crippen molar-refractivity contribution in [1.29, 1.82) is 0 Å². The van der Waals surface area contributed by atoms with Crippen molar-refractivity contribution in [3.8, 4) is 0 Å². The van der Waals surface area contributed by atoms with Crippen molar-refractivity contribution >= 4 is 27.5 Å². The zero-order chi connectivity index (χ0) is 17.1. The predicted octanol–water partition coefficient (Wildman–Crippen LogP) is 4.03. The smallest absolute Gasteiger partial charge is 0.222 e. The number of pyridine rings is 1. The Labute approximate surface area is 151 Å². The summed E-state index contributed by atoms with van der Waals surface area (Å²) in [6.45, 7) is 1.68. The summed E-state index contributed by atoms with van der Waals surface area (Å²) in [6.07, 6.45) is 6.96. The Kier molecular flexibility index (Phi) is 4.74. The Balaban J connectivity index is 1.32. The first-order chi connectivity index (χ1) is 12.3. The zero-order valence-electron chi connectivity index (χ0n) is 14.1. The van der Waals surface area contributed by atoms with Crippen LogP contribution in [0.1, 0.15) is 35.8 Å². The van der Waals surface area contributed by atoms with Crippen LogP contribution in [0.2, 0.25) is 0 Å². The molecule has 4 nitrogen and oxygen atoms in total. The number of hydrogen-bond donors (Lipinski definition) is 0. The lowest BCUT2D eigenvalue weighted by atomic mass is 9.97. The van der Waals surface area contributed by atoms with Crippen LogP contribution in [-0.2, 0) is 11.2 Å². The summed E-state index contributed by atoms with van der Waals surface area (Å²) in [7, 11) is 0. The third kappa shape index (κ3) is 3.71. The highest BCUT2D eigenvalue weighted by molar-refractivity contribution is 7.18. The fraction of sp³-hybridized carbons (Fsp3) is 0.350. The molecule has 1 saturated heterocycles. The quantitative estimate of drug-likeness (QED) is 0.713. The summed E-state index contributed by atoms with van der Waals surface area (Å²) >= 11 is 1.80. The molecule has 25 heavy (non-hydrogen) atoms. The Hall–Kier alpha value is -2.27. The molecule has 0 spiro atoms. The summed E-state index contributed by atoms with van der Waals surface area (Å²) in [5.74, 6) is 0.742. The lowest BCUT2D eigenvalue weighted by Gasteiger charge is -2.31. The molecule has 1 aromatic carbocycles. The van der Waals surface area contributed by atoms with E-state index in [2.05, 4.69) is 23.2 Å². The van der Waals surface area contributed by atoms with Gasteiger partial charge in [-0.05, 0) is 43.0 Å². The molecule has 1 fully saturated rings. The van der Waals surface area contributed by atoms with Crippen LogP contribution in [0.15, 0.2) is 48.8 Å². The van der Waals surface area contributed by atoms with E-state index in [0.29, 0.717) is 12.3 Å². The Morgan fingerprint density at radius 1 is 1.16 bits per heavy atom. The summed E-state index contributed by atoms with van der Waals surface area (Å²) < 4.78 is 1.26. The number of benzene rings is 1. The minimum Gasteiger partial charge on any atom is -0.343 e. The average Bonchev–Trinajstić information content (AvgIpc) is 3.11. The number of hydrogen-bond acceptors (Lipinski definition) is 4. The number of thiazole rings is 1. The monoisotopic (exact) mass is 351 g/mol. The number of likely N-dealkylation sites (tertiary alicyclic amines) is 1. The number of carbonyl (C=O) groups is 1. The van der Waals surface area contributed by atoms with Gasteiger partial charge >= 0.3 is 0 Å². The van der Waals surface area contributed by atoms with E-state index in [9.17, 15) is 4.79 Å². The average molecular weight is 351 g/mol. The van der Waals surface area contributed by atoms with E-state index in [-0.39, 0.29) is 5.91 Å². The number of aryl methyl sites for hydroxylation is 1. The lowest BCUT2D eigenvalue weighted by Crippen LogP contribution is -2.38. The molecule has 4 rings (SSSR count). The molecule has 1 aliphatic rings. The van der Waals surface area contributed by atoms with Gasteiger partial charge in [0.25, 0.3) is 0 Å². The van der Waals surface area contributed by atoms with Crippen molar-refractivity contribution in [3.63, 3.8) is 0 Å². The van der Waals surface area contributed by atoms with Crippen molar-refractivity contribution in [2.75, 3.05) is 13.1 Å². The van der Waals surface area contributed by atoms with Crippen molar-refractivity contribution in [2.24, 2.45) is 0 Å². The van der Waals surface area contributed by atoms with Crippen LogP contribution in [0.25, 0.3) is 10.2 Å². The maximum absolute atomic E-state index is 12.4. The maximum atomic E-state index is 12.4. The van der Waals surface area contributed by atoms with Gasteiger partial charge in [0.15, 0.2) is 0 Å². The molecule has 0 aliphatic carbocycles. The first kappa shape index (κ1) is 16.2. The zero-order valence-corrected chi connectivity index (χ0v) is 14.9. The Morgan fingerprint density at radius 2 is 2.00 bits per heavy atom. The first-order valence-electron chi connectivity index (χ1n) is 8.82. The number of para-hydroxylation sites is 1. The van der Waals surface area contributed by atoms with Crippen LogP contribution in [0.4, 0.5) is 0 Å². The molecule has 1 aliphatic heterocycles. The van der Waals surface area contributed by atoms with E-state index in [1.807, 2.05) is 29.3 Å². The first-order valence-corrected chi connectivity index (χ1v) is 9.63. The molecule has 2 aromatic heterocycles. The molecule has 0 radical (unpaired) electrons. The third-order valence-corrected chi connectivity index (χ3v) is 6.06. The number of piperidine rings is 1. The summed E-state index contributed by atoms with van der Waals surface area (Å²) in [5.41, 5.74) is 2.22. The number of aromatic nitrogens is 2. The second kappa shape index (κ2) is 7.31. The van der Waals surface area contributed by atoms with E-state index in [1.165, 1.54) is 9.71 Å². The van der Waals surface area contributed by atoms with Crippen molar-refractivity contribution in [1.82, 2.24) is 14.9 Å². The Morgan fingerprint density at radius 3 is 2.76 bits per heavy atom. The van der Waals surface area contributed by atoms with Gasteiger partial charge in [-0.15, -0.1) is 11.3 Å². The SMILES string of the molecule is O=C(CCc1cccnc1)N1CCC(c2nc3ccccc3s2)CC1. The predicted molar refractivity (Wildman–Crippen MR) is 101 cm³/mol. The van der Waals surface area contributed by atoms with Crippen LogP contribution in [0.5, 0.6) is 0 Å². The van der Waals surface area contributed by atoms with E-state index in [0.717, 1.165) is 43.4 Å². The molecule has 0 saturated carbocycles. The molecule has 0 unspecified atom stereocenters. The number of nitrogens with zero attached hydrogens (tertiary/aromatic N) is 3. The van der Waals surface area contributed by atoms with Gasteiger partial charge in [-0.2, -0.15) is 0 Å². The molecule has 128 valence electrons. The molecule has 3 aromatic rings. The van der Waals surface area contributed by atoms with Gasteiger partial charge in [-0.25, -0.2) is 4.98 Å². The molecular formula is C20H21N3OS. The largest absolute Gasteiger partial charge is 0.343 e. The summed E-state index contributed by atoms with van der Waals surface area (Å²) in [6, 6.07) is 12.3. The minimum absolute atomic E-state index is 0.256. The molecule has 1 amide bonds. The lowest BCUT2D eigenvalue weighted by molar-refractivity contribution is -0.132. The van der Waals surface area contributed by atoms with E-state index >= 15 is 0 Å². The molecule has 0 N–H and O–H groups in total. The normalized spacial score (nSPS) is 15.6. The standard InChI is InChI=1S/C20H21N3OS/c24-19(8-7-15-4-3-11-21-14-15)23-12-9-16(10-13-23)20-22-17-5-1-2-6-18(17)25-20/h1-6,11,14,16H,7-10,12-13H2. The van der Waals surface area contributed by atoms with Crippen molar-refractivity contribution < 1.29 is 4.79 Å². The van der Waals surface area contributed by atoms with Gasteiger partial charge in [-0.1, -0.05) is 18.2 Å². The highest BCUT2D eigenvalue weighted by Gasteiger charge is 2.25. The van der Waals surface area contributed by atoms with Gasteiger partial charge in [-0.3, -0.25) is 9.78 Å². The molecular weight excluding hydrogens is 330 g/mol. The Bertz CT molecular complexity index is 821.